The van der Waals surface area contributed by atoms with Crippen LogP contribution in [0.15, 0.2) is 42.7 Å². The molecule has 0 spiro atoms. The summed E-state index contributed by atoms with van der Waals surface area (Å²) in [6.07, 6.45) is 1.64. The van der Waals surface area contributed by atoms with Gasteiger partial charge >= 0.3 is 6.36 Å². The van der Waals surface area contributed by atoms with Crippen molar-refractivity contribution in [1.29, 1.82) is 0 Å². The Kier molecular flexibility index (Phi) is 6.74. The van der Waals surface area contributed by atoms with Crippen LogP contribution in [0.3, 0.4) is 0 Å². The van der Waals surface area contributed by atoms with Crippen LogP contribution in [0.1, 0.15) is 37.8 Å². The lowest BCUT2D eigenvalue weighted by Gasteiger charge is -2.35. The third-order valence-corrected chi connectivity index (χ3v) is 4.77. The molecule has 5 nitrogen and oxygen atoms in total. The zero-order valence-electron chi connectivity index (χ0n) is 16.1. The van der Waals surface area contributed by atoms with E-state index >= 15 is 0 Å². The van der Waals surface area contributed by atoms with Crippen LogP contribution in [0, 0.1) is 0 Å². The molecule has 1 aliphatic heterocycles. The molecule has 2 aromatic rings. The Morgan fingerprint density at radius 2 is 1.93 bits per heavy atom. The summed E-state index contributed by atoms with van der Waals surface area (Å²) in [6.45, 7) is 3.24. The average molecular weight is 408 g/mol. The lowest BCUT2D eigenvalue weighted by Crippen LogP contribution is -2.44. The van der Waals surface area contributed by atoms with E-state index < -0.39 is 6.36 Å². The van der Waals surface area contributed by atoms with Crippen molar-refractivity contribution in [1.82, 2.24) is 9.88 Å². The van der Waals surface area contributed by atoms with Gasteiger partial charge in [0.25, 0.3) is 0 Å². The quantitative estimate of drug-likeness (QED) is 0.621. The maximum atomic E-state index is 12.4. The molecular formula is C21H23F3N2O3. The number of aromatic nitrogens is 1. The molecule has 1 unspecified atom stereocenters. The number of carbonyl (C=O) groups excluding carboxylic acids is 1. The van der Waals surface area contributed by atoms with Gasteiger partial charge in [0.15, 0.2) is 0 Å². The predicted octanol–water partition coefficient (Wildman–Crippen LogP) is 4.74. The van der Waals surface area contributed by atoms with Crippen molar-refractivity contribution in [2.45, 2.75) is 38.6 Å². The fourth-order valence-corrected chi connectivity index (χ4v) is 3.34. The summed E-state index contributed by atoms with van der Waals surface area (Å²) in [4.78, 5) is 18.5. The summed E-state index contributed by atoms with van der Waals surface area (Å²) in [5.41, 5.74) is 2.28. The summed E-state index contributed by atoms with van der Waals surface area (Å²) in [5.74, 6) is -0.324. The highest BCUT2D eigenvalue weighted by Crippen LogP contribution is 2.30. The number of morpholine rings is 1. The Morgan fingerprint density at radius 3 is 2.62 bits per heavy atom. The van der Waals surface area contributed by atoms with E-state index in [2.05, 4.69) is 16.6 Å². The Labute approximate surface area is 167 Å². The highest BCUT2D eigenvalue weighted by atomic mass is 19.4. The number of nitrogens with zero attached hydrogens (tertiary/aromatic N) is 2. The van der Waals surface area contributed by atoms with Crippen LogP contribution in [0.2, 0.25) is 0 Å². The number of ether oxygens (including phenoxy) is 2. The first-order valence-corrected chi connectivity index (χ1v) is 9.55. The fourth-order valence-electron chi connectivity index (χ4n) is 3.34. The van der Waals surface area contributed by atoms with Crippen LogP contribution < -0.4 is 4.74 Å². The third kappa shape index (κ3) is 5.69. The zero-order valence-corrected chi connectivity index (χ0v) is 16.1. The molecule has 1 saturated heterocycles. The van der Waals surface area contributed by atoms with Crippen molar-refractivity contribution >= 4 is 5.91 Å². The molecule has 3 rings (SSSR count). The average Bonchev–Trinajstić information content (AvgIpc) is 2.69. The van der Waals surface area contributed by atoms with Crippen molar-refractivity contribution in [3.8, 4) is 16.9 Å². The van der Waals surface area contributed by atoms with E-state index in [4.69, 9.17) is 4.74 Å². The summed E-state index contributed by atoms with van der Waals surface area (Å²) >= 11 is 0. The highest BCUT2D eigenvalue weighted by molar-refractivity contribution is 5.78. The van der Waals surface area contributed by atoms with Gasteiger partial charge in [-0.15, -0.1) is 13.2 Å². The van der Waals surface area contributed by atoms with Crippen molar-refractivity contribution in [3.05, 3.63) is 48.3 Å². The number of pyridine rings is 1. The molecule has 0 bridgehead atoms. The molecule has 1 amide bonds. The first-order chi connectivity index (χ1) is 13.9. The van der Waals surface area contributed by atoms with Crippen molar-refractivity contribution in [2.75, 3.05) is 19.8 Å². The number of carbonyl (C=O) groups is 1. The number of unbranched alkanes of at least 4 members (excludes halogenated alkanes) is 2. The fraction of sp³-hybridized carbons (Fsp3) is 0.429. The Morgan fingerprint density at radius 1 is 1.17 bits per heavy atom. The molecule has 156 valence electrons. The standard InChI is InChI=1S/C21H23F3N2O3/c1-2-3-4-9-26-19(13-28-14-20(26)27)17-10-16(11-25-12-17)15-5-7-18(8-6-15)29-21(22,23)24/h5-8,10-12,19H,2-4,9,13-14H2,1H3. The molecule has 0 N–H and O–H groups in total. The van der Waals surface area contributed by atoms with Crippen LogP contribution in [0.25, 0.3) is 11.1 Å². The molecule has 0 saturated carbocycles. The second kappa shape index (κ2) is 9.26. The van der Waals surface area contributed by atoms with E-state index in [0.29, 0.717) is 18.7 Å². The number of amides is 1. The van der Waals surface area contributed by atoms with Crippen molar-refractivity contribution < 1.29 is 27.4 Å². The van der Waals surface area contributed by atoms with Crippen LogP contribution in [0.5, 0.6) is 5.75 Å². The number of rotatable bonds is 7. The van der Waals surface area contributed by atoms with Crippen molar-refractivity contribution in [3.63, 3.8) is 0 Å². The summed E-state index contributed by atoms with van der Waals surface area (Å²) < 4.78 is 46.3. The van der Waals surface area contributed by atoms with E-state index in [1.165, 1.54) is 12.1 Å². The Hall–Kier alpha value is -2.61. The van der Waals surface area contributed by atoms with Crippen LogP contribution in [-0.2, 0) is 9.53 Å². The number of hydrogen-bond donors (Lipinski definition) is 0. The van der Waals surface area contributed by atoms with E-state index in [9.17, 15) is 18.0 Å². The van der Waals surface area contributed by atoms with Gasteiger partial charge in [-0.05, 0) is 35.7 Å². The Bertz CT molecular complexity index is 825. The molecule has 1 fully saturated rings. The summed E-state index contributed by atoms with van der Waals surface area (Å²) in [6, 6.07) is 7.28. The minimum atomic E-state index is -4.72. The van der Waals surface area contributed by atoms with Gasteiger partial charge in [-0.3, -0.25) is 9.78 Å². The topological polar surface area (TPSA) is 51.7 Å². The molecule has 29 heavy (non-hydrogen) atoms. The van der Waals surface area contributed by atoms with Gasteiger partial charge in [0.05, 0.1) is 12.6 Å². The maximum absolute atomic E-state index is 12.4. The number of hydrogen-bond acceptors (Lipinski definition) is 4. The number of halogens is 3. The lowest BCUT2D eigenvalue weighted by atomic mass is 10.0. The zero-order chi connectivity index (χ0) is 20.9. The summed E-state index contributed by atoms with van der Waals surface area (Å²) in [5, 5.41) is 0. The molecule has 0 radical (unpaired) electrons. The molecule has 8 heteroatoms. The van der Waals surface area contributed by atoms with Crippen molar-refractivity contribution in [2.24, 2.45) is 0 Å². The maximum Gasteiger partial charge on any atom is 0.573 e. The normalized spacial score (nSPS) is 17.4. The van der Waals surface area contributed by atoms with E-state index in [0.717, 1.165) is 30.4 Å². The van der Waals surface area contributed by atoms with Gasteiger partial charge in [0.2, 0.25) is 5.91 Å². The highest BCUT2D eigenvalue weighted by Gasteiger charge is 2.31. The van der Waals surface area contributed by atoms with Gasteiger partial charge in [0.1, 0.15) is 12.4 Å². The molecule has 2 heterocycles. The number of alkyl halides is 3. The largest absolute Gasteiger partial charge is 0.573 e. The second-order valence-electron chi connectivity index (χ2n) is 6.90. The summed E-state index contributed by atoms with van der Waals surface area (Å²) in [7, 11) is 0. The first kappa shape index (κ1) is 21.1. The van der Waals surface area contributed by atoms with Gasteiger partial charge in [-0.2, -0.15) is 0 Å². The van der Waals surface area contributed by atoms with Crippen LogP contribution in [-0.4, -0.2) is 41.9 Å². The number of benzene rings is 1. The van der Waals surface area contributed by atoms with E-state index in [1.807, 2.05) is 11.0 Å². The second-order valence-corrected chi connectivity index (χ2v) is 6.90. The molecular weight excluding hydrogens is 385 g/mol. The van der Waals surface area contributed by atoms with E-state index in [-0.39, 0.29) is 24.3 Å². The minimum absolute atomic E-state index is 0.0450. The smallest absolute Gasteiger partial charge is 0.406 e. The van der Waals surface area contributed by atoms with Gasteiger partial charge in [0, 0.05) is 24.5 Å². The van der Waals surface area contributed by atoms with E-state index in [1.54, 1.807) is 24.5 Å². The van der Waals surface area contributed by atoms with Gasteiger partial charge in [-0.25, -0.2) is 0 Å². The van der Waals surface area contributed by atoms with Crippen LogP contribution in [0.4, 0.5) is 13.2 Å². The molecule has 0 aliphatic carbocycles. The Balaban J connectivity index is 1.79. The van der Waals surface area contributed by atoms with Gasteiger partial charge in [-0.1, -0.05) is 31.9 Å². The minimum Gasteiger partial charge on any atom is -0.406 e. The predicted molar refractivity (Wildman–Crippen MR) is 101 cm³/mol. The lowest BCUT2D eigenvalue weighted by molar-refractivity contribution is -0.274. The third-order valence-electron chi connectivity index (χ3n) is 4.77. The SMILES string of the molecule is CCCCCN1C(=O)COCC1c1cncc(-c2ccc(OC(F)(F)F)cc2)c1. The monoisotopic (exact) mass is 408 g/mol. The van der Waals surface area contributed by atoms with Crippen LogP contribution >= 0.6 is 0 Å². The first-order valence-electron chi connectivity index (χ1n) is 9.55. The molecule has 1 atom stereocenters. The van der Waals surface area contributed by atoms with Gasteiger partial charge < -0.3 is 14.4 Å². The molecule has 1 aromatic carbocycles. The molecule has 1 aromatic heterocycles. The molecule has 1 aliphatic rings.